The molecule has 4 rings (SSSR count). The van der Waals surface area contributed by atoms with Crippen LogP contribution in [0.1, 0.15) is 27.3 Å². The molecule has 1 aliphatic heterocycles. The Labute approximate surface area is 155 Å². The normalized spacial score (nSPS) is 13.7. The van der Waals surface area contributed by atoms with E-state index in [0.29, 0.717) is 31.0 Å². The molecule has 0 spiro atoms. The van der Waals surface area contributed by atoms with Crippen LogP contribution in [0.4, 0.5) is 4.39 Å². The number of pyridine rings is 1. The van der Waals surface area contributed by atoms with Crippen LogP contribution >= 0.6 is 0 Å². The molecule has 0 unspecified atom stereocenters. The van der Waals surface area contributed by atoms with Crippen molar-refractivity contribution in [1.82, 2.24) is 19.0 Å². The van der Waals surface area contributed by atoms with E-state index < -0.39 is 0 Å². The van der Waals surface area contributed by atoms with E-state index in [-0.39, 0.29) is 17.3 Å². The summed E-state index contributed by atoms with van der Waals surface area (Å²) in [5.41, 5.74) is 3.13. The fourth-order valence-corrected chi connectivity index (χ4v) is 3.40. The predicted octanol–water partition coefficient (Wildman–Crippen LogP) is 2.45. The maximum Gasteiger partial charge on any atom is 0.275 e. The SMILES string of the molecule is Cc1cn(-c2ccc3n(c2=O)CCN(Cc2ccc(F)cc2C)C3=O)cn1. The third kappa shape index (κ3) is 3.05. The fourth-order valence-electron chi connectivity index (χ4n) is 3.40. The first-order valence-corrected chi connectivity index (χ1v) is 8.73. The minimum absolute atomic E-state index is 0.199. The Morgan fingerprint density at radius 2 is 1.93 bits per heavy atom. The summed E-state index contributed by atoms with van der Waals surface area (Å²) in [6.07, 6.45) is 3.37. The van der Waals surface area contributed by atoms with E-state index in [0.717, 1.165) is 16.8 Å². The first kappa shape index (κ1) is 17.2. The van der Waals surface area contributed by atoms with Gasteiger partial charge < -0.3 is 14.0 Å². The molecule has 138 valence electrons. The lowest BCUT2D eigenvalue weighted by atomic mass is 10.1. The Kier molecular flexibility index (Phi) is 4.14. The van der Waals surface area contributed by atoms with E-state index in [4.69, 9.17) is 0 Å². The second-order valence-corrected chi connectivity index (χ2v) is 6.78. The van der Waals surface area contributed by atoms with Gasteiger partial charge in [-0.15, -0.1) is 0 Å². The minimum atomic E-state index is -0.291. The van der Waals surface area contributed by atoms with Crippen molar-refractivity contribution >= 4 is 5.91 Å². The number of amides is 1. The lowest BCUT2D eigenvalue weighted by molar-refractivity contribution is 0.0686. The number of hydrogen-bond donors (Lipinski definition) is 0. The van der Waals surface area contributed by atoms with Crippen LogP contribution in [0, 0.1) is 19.7 Å². The summed E-state index contributed by atoms with van der Waals surface area (Å²) in [6.45, 7) is 4.91. The second-order valence-electron chi connectivity index (χ2n) is 6.78. The number of rotatable bonds is 3. The van der Waals surface area contributed by atoms with Crippen molar-refractivity contribution in [1.29, 1.82) is 0 Å². The van der Waals surface area contributed by atoms with Crippen LogP contribution in [0.5, 0.6) is 0 Å². The van der Waals surface area contributed by atoms with E-state index in [1.165, 1.54) is 16.7 Å². The lowest BCUT2D eigenvalue weighted by Gasteiger charge is -2.30. The third-order valence-electron chi connectivity index (χ3n) is 4.91. The molecule has 1 amide bonds. The van der Waals surface area contributed by atoms with Crippen molar-refractivity contribution in [3.05, 3.63) is 81.5 Å². The number of halogens is 1. The molecule has 1 aliphatic rings. The van der Waals surface area contributed by atoms with Gasteiger partial charge in [0.25, 0.3) is 11.5 Å². The first-order chi connectivity index (χ1) is 12.9. The highest BCUT2D eigenvalue weighted by molar-refractivity contribution is 5.93. The number of aromatic nitrogens is 3. The number of carbonyl (C=O) groups excluding carboxylic acids is 1. The molecular weight excluding hydrogens is 347 g/mol. The molecule has 0 aliphatic carbocycles. The Bertz CT molecular complexity index is 1100. The third-order valence-corrected chi connectivity index (χ3v) is 4.91. The zero-order valence-electron chi connectivity index (χ0n) is 15.1. The van der Waals surface area contributed by atoms with Crippen LogP contribution < -0.4 is 5.56 Å². The molecule has 0 fully saturated rings. The predicted molar refractivity (Wildman–Crippen MR) is 98.4 cm³/mol. The summed E-state index contributed by atoms with van der Waals surface area (Å²) in [5.74, 6) is -0.490. The number of carbonyl (C=O) groups is 1. The Hall–Kier alpha value is -3.22. The number of benzene rings is 1. The van der Waals surface area contributed by atoms with Crippen LogP contribution in [0.15, 0.2) is 47.7 Å². The zero-order chi connectivity index (χ0) is 19.1. The summed E-state index contributed by atoms with van der Waals surface area (Å²) < 4.78 is 16.5. The number of fused-ring (bicyclic) bond motifs is 1. The number of nitrogens with zero attached hydrogens (tertiary/aromatic N) is 4. The van der Waals surface area contributed by atoms with Crippen LogP contribution in [0.2, 0.25) is 0 Å². The van der Waals surface area contributed by atoms with Gasteiger partial charge >= 0.3 is 0 Å². The zero-order valence-corrected chi connectivity index (χ0v) is 15.1. The fraction of sp³-hybridized carbons (Fsp3) is 0.250. The monoisotopic (exact) mass is 366 g/mol. The topological polar surface area (TPSA) is 60.1 Å². The highest BCUT2D eigenvalue weighted by Gasteiger charge is 2.26. The van der Waals surface area contributed by atoms with Crippen LogP contribution in [-0.4, -0.2) is 31.5 Å². The Morgan fingerprint density at radius 1 is 1.11 bits per heavy atom. The number of aryl methyl sites for hydroxylation is 2. The van der Waals surface area contributed by atoms with Gasteiger partial charge in [0.05, 0.1) is 12.0 Å². The molecule has 2 aromatic heterocycles. The maximum atomic E-state index is 13.3. The van der Waals surface area contributed by atoms with Gasteiger partial charge in [0.1, 0.15) is 17.2 Å². The summed E-state index contributed by atoms with van der Waals surface area (Å²) in [6, 6.07) is 7.89. The maximum absolute atomic E-state index is 13.3. The minimum Gasteiger partial charge on any atom is -0.331 e. The highest BCUT2D eigenvalue weighted by Crippen LogP contribution is 2.18. The lowest BCUT2D eigenvalue weighted by Crippen LogP contribution is -2.44. The Morgan fingerprint density at radius 3 is 2.63 bits per heavy atom. The molecule has 0 N–H and O–H groups in total. The quantitative estimate of drug-likeness (QED) is 0.715. The molecule has 6 nitrogen and oxygen atoms in total. The van der Waals surface area contributed by atoms with Gasteiger partial charge in [0, 0.05) is 25.8 Å². The van der Waals surface area contributed by atoms with Gasteiger partial charge in [-0.05, 0) is 49.2 Å². The number of imidazole rings is 1. The highest BCUT2D eigenvalue weighted by atomic mass is 19.1. The number of hydrogen-bond acceptors (Lipinski definition) is 3. The molecule has 27 heavy (non-hydrogen) atoms. The molecule has 1 aromatic carbocycles. The molecule has 0 atom stereocenters. The van der Waals surface area contributed by atoms with Gasteiger partial charge in [0.2, 0.25) is 0 Å². The van der Waals surface area contributed by atoms with Crippen molar-refractivity contribution in [3.8, 4) is 5.69 Å². The molecule has 3 aromatic rings. The molecule has 0 saturated heterocycles. The summed E-state index contributed by atoms with van der Waals surface area (Å²) in [4.78, 5) is 31.5. The largest absolute Gasteiger partial charge is 0.331 e. The van der Waals surface area contributed by atoms with Crippen molar-refractivity contribution in [3.63, 3.8) is 0 Å². The van der Waals surface area contributed by atoms with E-state index in [1.54, 1.807) is 40.2 Å². The van der Waals surface area contributed by atoms with Crippen molar-refractivity contribution in [2.75, 3.05) is 6.54 Å². The van der Waals surface area contributed by atoms with Crippen molar-refractivity contribution < 1.29 is 9.18 Å². The van der Waals surface area contributed by atoms with Gasteiger partial charge in [0.15, 0.2) is 0 Å². The van der Waals surface area contributed by atoms with Crippen LogP contribution in [0.25, 0.3) is 5.69 Å². The van der Waals surface area contributed by atoms with Crippen molar-refractivity contribution in [2.45, 2.75) is 26.9 Å². The molecule has 0 saturated carbocycles. The molecular formula is C20H19FN4O2. The second kappa shape index (κ2) is 6.50. The van der Waals surface area contributed by atoms with Gasteiger partial charge in [-0.25, -0.2) is 9.37 Å². The molecule has 0 bridgehead atoms. The van der Waals surface area contributed by atoms with E-state index in [9.17, 15) is 14.0 Å². The summed E-state index contributed by atoms with van der Waals surface area (Å²) in [5, 5.41) is 0. The van der Waals surface area contributed by atoms with Crippen LogP contribution in [-0.2, 0) is 13.1 Å². The molecule has 7 heteroatoms. The van der Waals surface area contributed by atoms with E-state index in [2.05, 4.69) is 4.98 Å². The summed E-state index contributed by atoms with van der Waals surface area (Å²) >= 11 is 0. The van der Waals surface area contributed by atoms with Gasteiger partial charge in [-0.1, -0.05) is 6.07 Å². The molecule has 0 radical (unpaired) electrons. The standard InChI is InChI=1S/C20H19FN4O2/c1-13-9-16(21)4-3-15(13)11-23-7-8-25-18(19(23)26)6-5-17(20(25)27)24-10-14(2)22-12-24/h3-6,9-10,12H,7-8,11H2,1-2H3. The Balaban J connectivity index is 1.65. The van der Waals surface area contributed by atoms with E-state index in [1.807, 2.05) is 13.8 Å². The van der Waals surface area contributed by atoms with E-state index >= 15 is 0 Å². The average molecular weight is 366 g/mol. The van der Waals surface area contributed by atoms with Crippen molar-refractivity contribution in [2.24, 2.45) is 0 Å². The smallest absolute Gasteiger partial charge is 0.275 e. The van der Waals surface area contributed by atoms with Crippen LogP contribution in [0.3, 0.4) is 0 Å². The first-order valence-electron chi connectivity index (χ1n) is 8.73. The summed E-state index contributed by atoms with van der Waals surface area (Å²) in [7, 11) is 0. The average Bonchev–Trinajstić information content (AvgIpc) is 3.06. The van der Waals surface area contributed by atoms with Gasteiger partial charge in [-0.3, -0.25) is 9.59 Å². The molecule has 3 heterocycles. The van der Waals surface area contributed by atoms with Gasteiger partial charge in [-0.2, -0.15) is 0 Å².